The van der Waals surface area contributed by atoms with Gasteiger partial charge in [0.2, 0.25) is 0 Å². The van der Waals surface area contributed by atoms with E-state index in [4.69, 9.17) is 0 Å². The van der Waals surface area contributed by atoms with Gasteiger partial charge in [0.15, 0.2) is 0 Å². The maximum absolute atomic E-state index is 12.3. The Kier molecular flexibility index (Phi) is 6.36. The first-order chi connectivity index (χ1) is 12.9. The summed E-state index contributed by atoms with van der Waals surface area (Å²) in [5, 5.41) is 14.3. The smallest absolute Gasteiger partial charge is 0.315 e. The summed E-state index contributed by atoms with van der Waals surface area (Å²) in [4.78, 5) is 26.1. The monoisotopic (exact) mass is 391 g/mol. The Balaban J connectivity index is 1.62. The molecule has 3 N–H and O–H groups in total. The number of amides is 3. The summed E-state index contributed by atoms with van der Waals surface area (Å²) < 4.78 is 1.77. The van der Waals surface area contributed by atoms with Gasteiger partial charge in [0.05, 0.1) is 17.1 Å². The van der Waals surface area contributed by atoms with E-state index in [9.17, 15) is 9.59 Å². The van der Waals surface area contributed by atoms with E-state index >= 15 is 0 Å². The number of hydrogen-bond donors (Lipinski definition) is 3. The van der Waals surface area contributed by atoms with Crippen molar-refractivity contribution in [3.8, 4) is 0 Å². The number of nitrogens with one attached hydrogen (secondary N) is 3. The fraction of sp³-hybridized carbons (Fsp3) is 0.632. The average molecular weight is 392 g/mol. The molecular weight excluding hydrogens is 362 g/mol. The van der Waals surface area contributed by atoms with E-state index in [-0.39, 0.29) is 18.0 Å². The molecule has 3 rings (SSSR count). The molecule has 0 spiro atoms. The van der Waals surface area contributed by atoms with Gasteiger partial charge in [-0.15, -0.1) is 11.3 Å². The van der Waals surface area contributed by atoms with Crippen molar-refractivity contribution in [3.63, 3.8) is 0 Å². The third-order valence-electron chi connectivity index (χ3n) is 4.84. The minimum absolute atomic E-state index is 0.0566. The van der Waals surface area contributed by atoms with Crippen molar-refractivity contribution in [2.75, 3.05) is 6.54 Å². The maximum atomic E-state index is 12.3. The van der Waals surface area contributed by atoms with Gasteiger partial charge in [-0.05, 0) is 24.8 Å². The number of rotatable bonds is 6. The van der Waals surface area contributed by atoms with E-state index < -0.39 is 0 Å². The fourth-order valence-electron chi connectivity index (χ4n) is 3.38. The zero-order valence-electron chi connectivity index (χ0n) is 16.3. The van der Waals surface area contributed by atoms with Gasteiger partial charge in [-0.2, -0.15) is 5.10 Å². The predicted molar refractivity (Wildman–Crippen MR) is 108 cm³/mol. The molecular formula is C19H29N5O2S. The quantitative estimate of drug-likeness (QED) is 0.707. The maximum Gasteiger partial charge on any atom is 0.315 e. The lowest BCUT2D eigenvalue weighted by atomic mass is 9.96. The Morgan fingerprint density at radius 1 is 1.26 bits per heavy atom. The third kappa shape index (κ3) is 5.00. The molecule has 1 saturated carbocycles. The van der Waals surface area contributed by atoms with Crippen molar-refractivity contribution in [1.82, 2.24) is 25.7 Å². The van der Waals surface area contributed by atoms with E-state index in [1.54, 1.807) is 4.68 Å². The highest BCUT2D eigenvalue weighted by atomic mass is 32.1. The molecule has 8 heteroatoms. The van der Waals surface area contributed by atoms with E-state index in [2.05, 4.69) is 34.9 Å². The van der Waals surface area contributed by atoms with E-state index in [0.717, 1.165) is 28.8 Å². The lowest BCUT2D eigenvalue weighted by Gasteiger charge is -2.22. The number of carbonyl (C=O) groups excluding carboxylic acids is 2. The predicted octanol–water partition coefficient (Wildman–Crippen LogP) is 3.15. The van der Waals surface area contributed by atoms with Crippen LogP contribution in [0.3, 0.4) is 0 Å². The lowest BCUT2D eigenvalue weighted by molar-refractivity contribution is 0.0953. The van der Waals surface area contributed by atoms with Gasteiger partial charge >= 0.3 is 6.03 Å². The van der Waals surface area contributed by atoms with Crippen molar-refractivity contribution in [2.24, 2.45) is 13.0 Å². The van der Waals surface area contributed by atoms with Gasteiger partial charge in [-0.3, -0.25) is 9.48 Å². The number of fused-ring (bicyclic) bond motifs is 1. The molecule has 2 aromatic heterocycles. The zero-order valence-corrected chi connectivity index (χ0v) is 17.1. The molecule has 27 heavy (non-hydrogen) atoms. The summed E-state index contributed by atoms with van der Waals surface area (Å²) in [6.07, 6.45) is 5.74. The zero-order chi connectivity index (χ0) is 19.4. The summed E-state index contributed by atoms with van der Waals surface area (Å²) in [7, 11) is 1.86. The van der Waals surface area contributed by atoms with E-state index in [1.807, 2.05) is 13.1 Å². The van der Waals surface area contributed by atoms with Crippen LogP contribution < -0.4 is 16.0 Å². The molecule has 0 radical (unpaired) electrons. The molecule has 2 aromatic rings. The topological polar surface area (TPSA) is 88.1 Å². The Morgan fingerprint density at radius 3 is 2.70 bits per heavy atom. The molecule has 0 saturated heterocycles. The highest BCUT2D eigenvalue weighted by molar-refractivity contribution is 7.20. The van der Waals surface area contributed by atoms with Crippen molar-refractivity contribution >= 4 is 33.5 Å². The number of hydrogen-bond acceptors (Lipinski definition) is 4. The number of nitrogens with zero attached hydrogens (tertiary/aromatic N) is 2. The van der Waals surface area contributed by atoms with Crippen molar-refractivity contribution in [3.05, 3.63) is 16.6 Å². The van der Waals surface area contributed by atoms with Crippen LogP contribution in [0.4, 0.5) is 4.79 Å². The largest absolute Gasteiger partial charge is 0.351 e. The Bertz CT molecular complexity index is 804. The van der Waals surface area contributed by atoms with Crippen LogP contribution in [-0.4, -0.2) is 34.3 Å². The summed E-state index contributed by atoms with van der Waals surface area (Å²) in [6.45, 7) is 5.13. The number of carbonyl (C=O) groups is 2. The van der Waals surface area contributed by atoms with Crippen molar-refractivity contribution in [1.29, 1.82) is 0 Å². The van der Waals surface area contributed by atoms with E-state index in [1.165, 1.54) is 30.6 Å². The van der Waals surface area contributed by atoms with Gasteiger partial charge in [0, 0.05) is 25.0 Å². The van der Waals surface area contributed by atoms with Gasteiger partial charge < -0.3 is 16.0 Å². The highest BCUT2D eigenvalue weighted by Gasteiger charge is 2.19. The van der Waals surface area contributed by atoms with Crippen LogP contribution in [0.5, 0.6) is 0 Å². The Hall–Kier alpha value is -2.09. The standard InChI is InChI=1S/C19H29N5O2S/c1-12(2)10-20-17(25)16-9-14-15(23-24(3)18(14)27-16)11-21-19(26)22-13-7-5-4-6-8-13/h9,12-13H,4-8,10-11H2,1-3H3,(H,20,25)(H2,21,22,26). The minimum Gasteiger partial charge on any atom is -0.351 e. The fourth-order valence-corrected chi connectivity index (χ4v) is 4.39. The molecule has 0 bridgehead atoms. The SMILES string of the molecule is CC(C)CNC(=O)c1cc2c(CNC(=O)NC3CCCCC3)nn(C)c2s1. The van der Waals surface area contributed by atoms with Crippen LogP contribution in [0.25, 0.3) is 10.2 Å². The normalized spacial score (nSPS) is 15.3. The average Bonchev–Trinajstić information content (AvgIpc) is 3.20. The Morgan fingerprint density at radius 2 is 2.00 bits per heavy atom. The number of aromatic nitrogens is 2. The second-order valence-electron chi connectivity index (χ2n) is 7.67. The molecule has 2 heterocycles. The van der Waals surface area contributed by atoms with Crippen LogP contribution in [0, 0.1) is 5.92 Å². The van der Waals surface area contributed by atoms with Crippen molar-refractivity contribution in [2.45, 2.75) is 58.5 Å². The Labute approximate surface area is 163 Å². The summed E-state index contributed by atoms with van der Waals surface area (Å²) in [5.74, 6) is 0.353. The molecule has 0 atom stereocenters. The second kappa shape index (κ2) is 8.73. The first-order valence-electron chi connectivity index (χ1n) is 9.72. The van der Waals surface area contributed by atoms with E-state index in [0.29, 0.717) is 23.9 Å². The van der Waals surface area contributed by atoms with Crippen LogP contribution >= 0.6 is 11.3 Å². The van der Waals surface area contributed by atoms with Crippen LogP contribution in [0.15, 0.2) is 6.07 Å². The first kappa shape index (κ1) is 19.7. The first-order valence-corrected chi connectivity index (χ1v) is 10.5. The second-order valence-corrected chi connectivity index (χ2v) is 8.70. The minimum atomic E-state index is -0.147. The molecule has 7 nitrogen and oxygen atoms in total. The van der Waals surface area contributed by atoms with Crippen LogP contribution in [0.1, 0.15) is 61.3 Å². The third-order valence-corrected chi connectivity index (χ3v) is 6.04. The molecule has 1 aliphatic carbocycles. The number of aryl methyl sites for hydroxylation is 1. The summed E-state index contributed by atoms with van der Waals surface area (Å²) in [5.41, 5.74) is 0.783. The molecule has 148 valence electrons. The number of urea groups is 1. The van der Waals surface area contributed by atoms with Crippen LogP contribution in [-0.2, 0) is 13.6 Å². The van der Waals surface area contributed by atoms with Gasteiger partial charge in [0.25, 0.3) is 5.91 Å². The molecule has 0 aromatic carbocycles. The lowest BCUT2D eigenvalue weighted by Crippen LogP contribution is -2.42. The van der Waals surface area contributed by atoms with Gasteiger partial charge in [-0.25, -0.2) is 4.79 Å². The summed E-state index contributed by atoms with van der Waals surface area (Å²) >= 11 is 1.43. The van der Waals surface area contributed by atoms with Gasteiger partial charge in [-0.1, -0.05) is 33.1 Å². The van der Waals surface area contributed by atoms with Gasteiger partial charge in [0.1, 0.15) is 4.83 Å². The summed E-state index contributed by atoms with van der Waals surface area (Å²) in [6, 6.07) is 2.00. The molecule has 1 fully saturated rings. The highest BCUT2D eigenvalue weighted by Crippen LogP contribution is 2.28. The van der Waals surface area contributed by atoms with Crippen LogP contribution in [0.2, 0.25) is 0 Å². The molecule has 1 aliphatic rings. The molecule has 0 aliphatic heterocycles. The molecule has 3 amide bonds. The van der Waals surface area contributed by atoms with Crippen molar-refractivity contribution < 1.29 is 9.59 Å². The number of thiophene rings is 1. The molecule has 0 unspecified atom stereocenters.